The molecule has 2 amide bonds. The van der Waals surface area contributed by atoms with E-state index in [2.05, 4.69) is 15.6 Å². The van der Waals surface area contributed by atoms with Crippen molar-refractivity contribution in [3.05, 3.63) is 36.5 Å². The van der Waals surface area contributed by atoms with E-state index in [0.29, 0.717) is 5.95 Å². The van der Waals surface area contributed by atoms with Gasteiger partial charge in [0, 0.05) is 12.6 Å². The smallest absolute Gasteiger partial charge is 0.252 e. The molecule has 1 aromatic carbocycles. The van der Waals surface area contributed by atoms with Gasteiger partial charge in [-0.3, -0.25) is 14.9 Å². The normalized spacial score (nSPS) is 11.2. The highest BCUT2D eigenvalue weighted by Crippen LogP contribution is 2.21. The molecule has 7 heteroatoms. The molecule has 0 aliphatic heterocycles. The van der Waals surface area contributed by atoms with E-state index < -0.39 is 0 Å². The summed E-state index contributed by atoms with van der Waals surface area (Å²) in [6.07, 6.45) is 1.70. The number of amides is 2. The molecule has 0 saturated carbocycles. The largest absolute Gasteiger partial charge is 0.362 e. The van der Waals surface area contributed by atoms with E-state index in [0.717, 1.165) is 11.3 Å². The number of hydrogen-bond donors (Lipinski definition) is 2. The number of rotatable bonds is 6. The molecule has 134 valence electrons. The standard InChI is InChI=1S/C18H24N4O3/c1-18(2,3)21-16(24)12-25-11-15(23)20-17-19-10-14(22(17)4)13-8-6-5-7-9-13/h5-10H,11-12H2,1-4H3,(H,21,24)(H,19,20,23). The van der Waals surface area contributed by atoms with Crippen LogP contribution in [0.3, 0.4) is 0 Å². The van der Waals surface area contributed by atoms with Crippen LogP contribution in [0.15, 0.2) is 36.5 Å². The first-order valence-corrected chi connectivity index (χ1v) is 8.02. The number of imidazole rings is 1. The second-order valence-electron chi connectivity index (χ2n) is 6.73. The van der Waals surface area contributed by atoms with Crippen LogP contribution in [0.4, 0.5) is 5.95 Å². The summed E-state index contributed by atoms with van der Waals surface area (Å²) in [4.78, 5) is 27.8. The van der Waals surface area contributed by atoms with Crippen LogP contribution in [0.5, 0.6) is 0 Å². The predicted octanol–water partition coefficient (Wildman–Crippen LogP) is 1.96. The molecule has 2 aromatic rings. The lowest BCUT2D eigenvalue weighted by Gasteiger charge is -2.20. The summed E-state index contributed by atoms with van der Waals surface area (Å²) < 4.78 is 6.94. The van der Waals surface area contributed by atoms with E-state index in [4.69, 9.17) is 4.74 Å². The molecular weight excluding hydrogens is 320 g/mol. The summed E-state index contributed by atoms with van der Waals surface area (Å²) in [6, 6.07) is 9.77. The molecule has 0 radical (unpaired) electrons. The zero-order valence-corrected chi connectivity index (χ0v) is 15.0. The molecule has 0 spiro atoms. The molecule has 0 aliphatic carbocycles. The zero-order valence-electron chi connectivity index (χ0n) is 15.0. The van der Waals surface area contributed by atoms with Crippen molar-refractivity contribution in [3.8, 4) is 11.3 Å². The summed E-state index contributed by atoms with van der Waals surface area (Å²) >= 11 is 0. The zero-order chi connectivity index (χ0) is 18.4. The molecular formula is C18H24N4O3. The minimum atomic E-state index is -0.364. The van der Waals surface area contributed by atoms with E-state index in [1.54, 1.807) is 10.8 Å². The third-order valence-electron chi connectivity index (χ3n) is 3.29. The molecule has 0 aliphatic rings. The lowest BCUT2D eigenvalue weighted by atomic mass is 10.1. The van der Waals surface area contributed by atoms with Crippen LogP contribution in [0.25, 0.3) is 11.3 Å². The number of anilines is 1. The van der Waals surface area contributed by atoms with Crippen molar-refractivity contribution in [3.63, 3.8) is 0 Å². The lowest BCUT2D eigenvalue weighted by Crippen LogP contribution is -2.42. The summed E-state index contributed by atoms with van der Waals surface area (Å²) in [7, 11) is 1.82. The van der Waals surface area contributed by atoms with Gasteiger partial charge in [-0.15, -0.1) is 0 Å². The summed E-state index contributed by atoms with van der Waals surface area (Å²) in [6.45, 7) is 5.25. The molecule has 2 rings (SSSR count). The minimum Gasteiger partial charge on any atom is -0.362 e. The number of ether oxygens (including phenoxy) is 1. The van der Waals surface area contributed by atoms with Crippen LogP contribution < -0.4 is 10.6 Å². The average molecular weight is 344 g/mol. The Morgan fingerprint density at radius 2 is 1.76 bits per heavy atom. The van der Waals surface area contributed by atoms with Gasteiger partial charge in [0.25, 0.3) is 5.91 Å². The average Bonchev–Trinajstić information content (AvgIpc) is 2.87. The Morgan fingerprint density at radius 3 is 2.40 bits per heavy atom. The van der Waals surface area contributed by atoms with Crippen LogP contribution in [0.1, 0.15) is 20.8 Å². The van der Waals surface area contributed by atoms with Gasteiger partial charge >= 0.3 is 0 Å². The predicted molar refractivity (Wildman–Crippen MR) is 96.0 cm³/mol. The molecule has 0 unspecified atom stereocenters. The van der Waals surface area contributed by atoms with Crippen molar-refractivity contribution in [2.45, 2.75) is 26.3 Å². The Morgan fingerprint density at radius 1 is 1.12 bits per heavy atom. The van der Waals surface area contributed by atoms with Gasteiger partial charge in [-0.1, -0.05) is 30.3 Å². The molecule has 1 aromatic heterocycles. The summed E-state index contributed by atoms with van der Waals surface area (Å²) in [5, 5.41) is 5.44. The molecule has 0 fully saturated rings. The first-order valence-electron chi connectivity index (χ1n) is 8.02. The fourth-order valence-corrected chi connectivity index (χ4v) is 2.25. The highest BCUT2D eigenvalue weighted by molar-refractivity contribution is 5.90. The van der Waals surface area contributed by atoms with E-state index in [1.807, 2.05) is 58.2 Å². The van der Waals surface area contributed by atoms with Crippen LogP contribution in [-0.4, -0.2) is 40.1 Å². The maximum atomic E-state index is 12.0. The molecule has 0 atom stereocenters. The van der Waals surface area contributed by atoms with Crippen molar-refractivity contribution >= 4 is 17.8 Å². The second-order valence-corrected chi connectivity index (χ2v) is 6.73. The quantitative estimate of drug-likeness (QED) is 0.839. The number of aromatic nitrogens is 2. The number of carbonyl (C=O) groups excluding carboxylic acids is 2. The van der Waals surface area contributed by atoms with Crippen LogP contribution in [0.2, 0.25) is 0 Å². The Bertz CT molecular complexity index is 733. The van der Waals surface area contributed by atoms with Gasteiger partial charge < -0.3 is 14.6 Å². The van der Waals surface area contributed by atoms with E-state index >= 15 is 0 Å². The second kappa shape index (κ2) is 7.94. The van der Waals surface area contributed by atoms with Gasteiger partial charge in [-0.25, -0.2) is 4.98 Å². The van der Waals surface area contributed by atoms with Crippen molar-refractivity contribution in [2.24, 2.45) is 7.05 Å². The SMILES string of the molecule is Cn1c(-c2ccccc2)cnc1NC(=O)COCC(=O)NC(C)(C)C. The Balaban J connectivity index is 1.85. The minimum absolute atomic E-state index is 0.166. The third kappa shape index (κ3) is 5.72. The maximum Gasteiger partial charge on any atom is 0.252 e. The Kier molecular flexibility index (Phi) is 5.93. The number of benzene rings is 1. The Hall–Kier alpha value is -2.67. The molecule has 25 heavy (non-hydrogen) atoms. The highest BCUT2D eigenvalue weighted by Gasteiger charge is 2.15. The topological polar surface area (TPSA) is 85.2 Å². The van der Waals surface area contributed by atoms with Crippen molar-refractivity contribution < 1.29 is 14.3 Å². The van der Waals surface area contributed by atoms with E-state index in [1.165, 1.54) is 0 Å². The van der Waals surface area contributed by atoms with Gasteiger partial charge in [0.05, 0.1) is 11.9 Å². The Labute approximate surface area is 147 Å². The first kappa shape index (κ1) is 18.7. The fraction of sp³-hybridized carbons (Fsp3) is 0.389. The van der Waals surface area contributed by atoms with E-state index in [-0.39, 0.29) is 30.6 Å². The monoisotopic (exact) mass is 344 g/mol. The third-order valence-corrected chi connectivity index (χ3v) is 3.29. The molecule has 1 heterocycles. The number of nitrogens with one attached hydrogen (secondary N) is 2. The van der Waals surface area contributed by atoms with Gasteiger partial charge in [0.1, 0.15) is 13.2 Å². The molecule has 7 nitrogen and oxygen atoms in total. The number of hydrogen-bond acceptors (Lipinski definition) is 4. The van der Waals surface area contributed by atoms with Crippen molar-refractivity contribution in [1.82, 2.24) is 14.9 Å². The summed E-state index contributed by atoms with van der Waals surface area (Å²) in [5.74, 6) is -0.202. The molecule has 0 bridgehead atoms. The van der Waals surface area contributed by atoms with Gasteiger partial charge in [0.2, 0.25) is 11.9 Å². The molecule has 2 N–H and O–H groups in total. The maximum absolute atomic E-state index is 12.0. The van der Waals surface area contributed by atoms with Crippen LogP contribution in [0, 0.1) is 0 Å². The highest BCUT2D eigenvalue weighted by atomic mass is 16.5. The van der Waals surface area contributed by atoms with Crippen LogP contribution >= 0.6 is 0 Å². The number of nitrogens with zero attached hydrogens (tertiary/aromatic N) is 2. The van der Waals surface area contributed by atoms with Crippen molar-refractivity contribution in [1.29, 1.82) is 0 Å². The van der Waals surface area contributed by atoms with E-state index in [9.17, 15) is 9.59 Å². The first-order chi connectivity index (χ1) is 11.8. The molecule has 0 saturated heterocycles. The van der Waals surface area contributed by atoms with Crippen LogP contribution in [-0.2, 0) is 21.4 Å². The lowest BCUT2D eigenvalue weighted by molar-refractivity contribution is -0.129. The van der Waals surface area contributed by atoms with Crippen molar-refractivity contribution in [2.75, 3.05) is 18.5 Å². The fourth-order valence-electron chi connectivity index (χ4n) is 2.25. The summed E-state index contributed by atoms with van der Waals surface area (Å²) in [5.41, 5.74) is 1.57. The van der Waals surface area contributed by atoms with Gasteiger partial charge in [0.15, 0.2) is 0 Å². The number of carbonyl (C=O) groups is 2. The van der Waals surface area contributed by atoms with Gasteiger partial charge in [-0.2, -0.15) is 0 Å². The van der Waals surface area contributed by atoms with Gasteiger partial charge in [-0.05, 0) is 26.3 Å².